The molecule has 0 unspecified atom stereocenters. The first-order valence-electron chi connectivity index (χ1n) is 12.0. The van der Waals surface area contributed by atoms with Gasteiger partial charge >= 0.3 is 0 Å². The molecule has 1 aliphatic rings. The number of piperazine rings is 1. The fourth-order valence-corrected chi connectivity index (χ4v) is 4.80. The molecule has 4 aromatic rings. The van der Waals surface area contributed by atoms with Gasteiger partial charge in [0.05, 0.1) is 0 Å². The molecule has 1 fully saturated rings. The normalized spacial score (nSPS) is 20.2. The van der Waals surface area contributed by atoms with Gasteiger partial charge in [0.2, 0.25) is 12.5 Å². The van der Waals surface area contributed by atoms with Crippen LogP contribution >= 0.6 is 0 Å². The Balaban J connectivity index is 1.10. The molecule has 6 heteroatoms. The van der Waals surface area contributed by atoms with Gasteiger partial charge in [0.1, 0.15) is 44.2 Å². The van der Waals surface area contributed by atoms with Crippen molar-refractivity contribution in [2.24, 2.45) is 0 Å². The molecule has 0 amide bonds. The van der Waals surface area contributed by atoms with Crippen LogP contribution in [0.15, 0.2) is 84.9 Å². The summed E-state index contributed by atoms with van der Waals surface area (Å²) in [6.45, 7) is 4.12. The van der Waals surface area contributed by atoms with Crippen LogP contribution in [0.25, 0.3) is 21.5 Å². The van der Waals surface area contributed by atoms with Crippen LogP contribution in [0.4, 0.5) is 0 Å². The highest BCUT2D eigenvalue weighted by atomic mass is 16.6. The number of ether oxygens (including phenoxy) is 2. The van der Waals surface area contributed by atoms with Gasteiger partial charge in [0.25, 0.3) is 0 Å². The van der Waals surface area contributed by atoms with Gasteiger partial charge in [-0.2, -0.15) is 0 Å². The van der Waals surface area contributed by atoms with Gasteiger partial charge in [-0.3, -0.25) is 4.90 Å². The summed E-state index contributed by atoms with van der Waals surface area (Å²) in [5, 5.41) is 25.6. The number of hydrogen-bond donors (Lipinski definition) is 4. The van der Waals surface area contributed by atoms with E-state index in [1.807, 2.05) is 72.8 Å². The first-order valence-corrected chi connectivity index (χ1v) is 12.0. The van der Waals surface area contributed by atoms with Gasteiger partial charge in [-0.15, -0.1) is 0 Å². The summed E-state index contributed by atoms with van der Waals surface area (Å²) in [7, 11) is 0. The lowest BCUT2D eigenvalue weighted by Gasteiger charge is -2.33. The third-order valence-electron chi connectivity index (χ3n) is 6.69. The summed E-state index contributed by atoms with van der Waals surface area (Å²) < 4.78 is 11.9. The minimum atomic E-state index is -0.873. The quantitative estimate of drug-likeness (QED) is 0.295. The molecule has 2 atom stereocenters. The monoisotopic (exact) mass is 460 g/mol. The minimum Gasteiger partial charge on any atom is -0.484 e. The van der Waals surface area contributed by atoms with Crippen LogP contribution in [-0.2, 0) is 0 Å². The molecule has 1 saturated heterocycles. The van der Waals surface area contributed by atoms with E-state index in [4.69, 9.17) is 9.47 Å². The van der Waals surface area contributed by atoms with Crippen LogP contribution in [0.1, 0.15) is 0 Å². The molecular formula is C28H32N2O4+2. The van der Waals surface area contributed by atoms with Crippen LogP contribution in [0.3, 0.4) is 0 Å². The van der Waals surface area contributed by atoms with E-state index in [2.05, 4.69) is 12.1 Å². The van der Waals surface area contributed by atoms with E-state index in [1.165, 1.54) is 4.90 Å². The number of nitrogens with one attached hydrogen (secondary N) is 2. The van der Waals surface area contributed by atoms with Crippen LogP contribution in [-0.4, -0.2) is 62.1 Å². The largest absolute Gasteiger partial charge is 0.484 e. The van der Waals surface area contributed by atoms with Gasteiger partial charge in [-0.05, 0) is 22.9 Å². The maximum atomic E-state index is 10.7. The van der Waals surface area contributed by atoms with Crippen molar-refractivity contribution in [1.29, 1.82) is 0 Å². The van der Waals surface area contributed by atoms with E-state index in [0.29, 0.717) is 12.3 Å². The second-order valence-electron chi connectivity index (χ2n) is 8.97. The molecule has 0 radical (unpaired) electrons. The topological polar surface area (TPSA) is 67.8 Å². The molecule has 34 heavy (non-hydrogen) atoms. The fourth-order valence-electron chi connectivity index (χ4n) is 4.80. The lowest BCUT2D eigenvalue weighted by Crippen LogP contribution is -3.30. The van der Waals surface area contributed by atoms with Crippen molar-refractivity contribution in [2.75, 3.05) is 39.3 Å². The lowest BCUT2D eigenvalue weighted by atomic mass is 10.1. The van der Waals surface area contributed by atoms with E-state index in [0.717, 1.165) is 58.4 Å². The van der Waals surface area contributed by atoms with E-state index < -0.39 is 12.5 Å². The Morgan fingerprint density at radius 3 is 1.91 bits per heavy atom. The Kier molecular flexibility index (Phi) is 6.92. The van der Waals surface area contributed by atoms with Gasteiger partial charge in [0.15, 0.2) is 6.61 Å². The summed E-state index contributed by atoms with van der Waals surface area (Å²) >= 11 is 0. The van der Waals surface area contributed by atoms with E-state index in [1.54, 1.807) is 0 Å². The Labute approximate surface area is 199 Å². The van der Waals surface area contributed by atoms with Crippen molar-refractivity contribution in [2.45, 2.75) is 12.5 Å². The molecular weight excluding hydrogens is 428 g/mol. The maximum absolute atomic E-state index is 10.7. The molecule has 5 rings (SSSR count). The number of rotatable bonds is 8. The molecule has 6 nitrogen and oxygen atoms in total. The van der Waals surface area contributed by atoms with E-state index in [9.17, 15) is 10.2 Å². The van der Waals surface area contributed by atoms with E-state index >= 15 is 0 Å². The molecule has 0 aliphatic carbocycles. The summed E-state index contributed by atoms with van der Waals surface area (Å²) in [6.07, 6.45) is -1.46. The zero-order chi connectivity index (χ0) is 23.3. The molecule has 4 aromatic carbocycles. The van der Waals surface area contributed by atoms with Crippen LogP contribution in [0, 0.1) is 0 Å². The van der Waals surface area contributed by atoms with Gasteiger partial charge in [-0.1, -0.05) is 72.8 Å². The Morgan fingerprint density at radius 1 is 0.676 bits per heavy atom. The van der Waals surface area contributed by atoms with Crippen molar-refractivity contribution in [1.82, 2.24) is 0 Å². The van der Waals surface area contributed by atoms with Crippen molar-refractivity contribution in [3.63, 3.8) is 0 Å². The Bertz CT molecular complexity index is 1230. The number of quaternary nitrogens is 2. The molecule has 1 heterocycles. The average molecular weight is 461 g/mol. The standard InChI is InChI=1S/C28H30N2O4/c31-27(20-33-25-13-5-9-21-7-1-3-11-23(21)25)30-17-15-29(16-18-30)19-28(32)34-26-14-6-10-22-8-2-4-12-24(22)26/h1-14,27-28,31-32H,15-20H2/p+2/t27-,28+/m1/s1. The summed E-state index contributed by atoms with van der Waals surface area (Å²) in [5.41, 5.74) is 0. The third-order valence-corrected chi connectivity index (χ3v) is 6.69. The summed E-state index contributed by atoms with van der Waals surface area (Å²) in [4.78, 5) is 2.40. The SMILES string of the molecule is O[C@H](C[NH+]1CC[NH+]([C@H](O)COc2cccc3ccccc23)CC1)Oc1cccc2ccccc12. The second kappa shape index (κ2) is 10.4. The third kappa shape index (κ3) is 5.16. The van der Waals surface area contributed by atoms with Crippen LogP contribution in [0.5, 0.6) is 11.5 Å². The molecule has 4 N–H and O–H groups in total. The Hall–Kier alpha value is -3.16. The second-order valence-corrected chi connectivity index (χ2v) is 8.97. The molecule has 0 aromatic heterocycles. The summed E-state index contributed by atoms with van der Waals surface area (Å²) in [5.74, 6) is 1.50. The molecule has 0 spiro atoms. The Morgan fingerprint density at radius 2 is 1.24 bits per heavy atom. The summed E-state index contributed by atoms with van der Waals surface area (Å²) in [6, 6.07) is 28.0. The van der Waals surface area contributed by atoms with Gasteiger partial charge in [-0.25, -0.2) is 0 Å². The minimum absolute atomic E-state index is 0.255. The zero-order valence-electron chi connectivity index (χ0n) is 19.2. The van der Waals surface area contributed by atoms with Crippen LogP contribution < -0.4 is 19.3 Å². The van der Waals surface area contributed by atoms with Gasteiger partial charge in [0, 0.05) is 10.8 Å². The predicted molar refractivity (Wildman–Crippen MR) is 132 cm³/mol. The number of hydrogen-bond acceptors (Lipinski definition) is 4. The van der Waals surface area contributed by atoms with Crippen molar-refractivity contribution in [3.05, 3.63) is 84.9 Å². The molecule has 0 saturated carbocycles. The fraction of sp³-hybridized carbons (Fsp3) is 0.286. The smallest absolute Gasteiger partial charge is 0.247 e. The highest BCUT2D eigenvalue weighted by Crippen LogP contribution is 2.26. The van der Waals surface area contributed by atoms with Crippen LogP contribution in [0.2, 0.25) is 0 Å². The van der Waals surface area contributed by atoms with Crippen molar-refractivity contribution >= 4 is 21.5 Å². The van der Waals surface area contributed by atoms with Crippen molar-refractivity contribution < 1.29 is 29.5 Å². The molecule has 1 aliphatic heterocycles. The number of aliphatic hydroxyl groups is 2. The molecule has 0 bridgehead atoms. The number of benzene rings is 4. The van der Waals surface area contributed by atoms with Gasteiger partial charge < -0.3 is 24.6 Å². The zero-order valence-corrected chi connectivity index (χ0v) is 19.2. The lowest BCUT2D eigenvalue weighted by molar-refractivity contribution is -1.04. The van der Waals surface area contributed by atoms with Crippen molar-refractivity contribution in [3.8, 4) is 11.5 Å². The number of aliphatic hydroxyl groups excluding tert-OH is 2. The molecule has 176 valence electrons. The average Bonchev–Trinajstić information content (AvgIpc) is 2.88. The maximum Gasteiger partial charge on any atom is 0.247 e. The highest BCUT2D eigenvalue weighted by molar-refractivity contribution is 5.88. The van der Waals surface area contributed by atoms with E-state index in [-0.39, 0.29) is 6.61 Å². The first-order chi connectivity index (χ1) is 16.7. The first kappa shape index (κ1) is 22.6. The predicted octanol–water partition coefficient (Wildman–Crippen LogP) is 0.871. The highest BCUT2D eigenvalue weighted by Gasteiger charge is 2.30. The number of fused-ring (bicyclic) bond motifs is 2.